The molecule has 1 heterocycles. The van der Waals surface area contributed by atoms with E-state index < -0.39 is 0 Å². The Morgan fingerprint density at radius 2 is 1.89 bits per heavy atom. The number of hydrogen-bond acceptors (Lipinski definition) is 2. The average molecular weight is 289 g/mol. The molecule has 3 nitrogen and oxygen atoms in total. The molecule has 19 heavy (non-hydrogen) atoms. The number of hydrogen-bond donors (Lipinski definition) is 2. The summed E-state index contributed by atoms with van der Waals surface area (Å²) in [6.07, 6.45) is 7.42. The maximum Gasteiger partial charge on any atom is 0.237 e. The predicted octanol–water partition coefficient (Wildman–Crippen LogP) is 2.74. The zero-order valence-corrected chi connectivity index (χ0v) is 13.1. The highest BCUT2D eigenvalue weighted by Crippen LogP contribution is 2.32. The third kappa shape index (κ3) is 4.96. The van der Waals surface area contributed by atoms with Gasteiger partial charge in [0, 0.05) is 6.54 Å². The van der Waals surface area contributed by atoms with Crippen molar-refractivity contribution < 1.29 is 4.79 Å². The van der Waals surface area contributed by atoms with Crippen molar-refractivity contribution in [1.82, 2.24) is 10.6 Å². The molecule has 2 rings (SSSR count). The van der Waals surface area contributed by atoms with E-state index in [4.69, 9.17) is 0 Å². The largest absolute Gasteiger partial charge is 0.354 e. The quantitative estimate of drug-likeness (QED) is 0.835. The van der Waals surface area contributed by atoms with E-state index in [2.05, 4.69) is 24.5 Å². The first-order valence-corrected chi connectivity index (χ1v) is 7.68. The molecule has 112 valence electrons. The number of amides is 1. The van der Waals surface area contributed by atoms with Crippen molar-refractivity contribution in [3.8, 4) is 0 Å². The molecule has 2 aliphatic rings. The van der Waals surface area contributed by atoms with Crippen LogP contribution in [0.1, 0.15) is 52.4 Å². The van der Waals surface area contributed by atoms with E-state index in [1.807, 2.05) is 0 Å². The van der Waals surface area contributed by atoms with Gasteiger partial charge >= 0.3 is 0 Å². The molecule has 1 saturated carbocycles. The fraction of sp³-hybridized carbons (Fsp3) is 0.933. The van der Waals surface area contributed by atoms with E-state index in [1.165, 1.54) is 25.7 Å². The van der Waals surface area contributed by atoms with Gasteiger partial charge in [0.2, 0.25) is 5.91 Å². The van der Waals surface area contributed by atoms with Crippen molar-refractivity contribution in [2.24, 2.45) is 17.8 Å². The second kappa shape index (κ2) is 8.11. The summed E-state index contributed by atoms with van der Waals surface area (Å²) < 4.78 is 0. The Labute approximate surface area is 123 Å². The molecule has 0 radical (unpaired) electrons. The minimum Gasteiger partial charge on any atom is -0.354 e. The van der Waals surface area contributed by atoms with Crippen LogP contribution in [0.2, 0.25) is 0 Å². The van der Waals surface area contributed by atoms with Gasteiger partial charge in [0.15, 0.2) is 0 Å². The van der Waals surface area contributed by atoms with Crippen LogP contribution in [0, 0.1) is 17.8 Å². The molecule has 0 aromatic carbocycles. The standard InChI is InChI=1S/C15H28N2O.ClH/c1-11(2)13-7-5-12(6-8-13)10-17-15(18)14-4-3-9-16-14;/h11-14,16H,3-10H2,1-2H3,(H,17,18);1H. The number of nitrogens with one attached hydrogen (secondary N) is 2. The Morgan fingerprint density at radius 1 is 1.21 bits per heavy atom. The molecule has 0 aromatic rings. The van der Waals surface area contributed by atoms with Crippen LogP contribution >= 0.6 is 12.4 Å². The van der Waals surface area contributed by atoms with Crippen LogP contribution in [0.25, 0.3) is 0 Å². The molecule has 1 unspecified atom stereocenters. The lowest BCUT2D eigenvalue weighted by Crippen LogP contribution is -2.42. The highest BCUT2D eigenvalue weighted by molar-refractivity contribution is 5.85. The summed E-state index contributed by atoms with van der Waals surface area (Å²) in [6, 6.07) is 0.0806. The first-order valence-electron chi connectivity index (χ1n) is 7.68. The van der Waals surface area contributed by atoms with Gasteiger partial charge in [-0.05, 0) is 62.8 Å². The zero-order valence-electron chi connectivity index (χ0n) is 12.3. The van der Waals surface area contributed by atoms with Crippen LogP contribution in [0.3, 0.4) is 0 Å². The third-order valence-electron chi connectivity index (χ3n) is 4.78. The van der Waals surface area contributed by atoms with Gasteiger partial charge in [-0.25, -0.2) is 0 Å². The summed E-state index contributed by atoms with van der Waals surface area (Å²) >= 11 is 0. The molecule has 1 saturated heterocycles. The third-order valence-corrected chi connectivity index (χ3v) is 4.78. The smallest absolute Gasteiger partial charge is 0.237 e. The summed E-state index contributed by atoms with van der Waals surface area (Å²) in [6.45, 7) is 6.55. The molecule has 4 heteroatoms. The average Bonchev–Trinajstić information content (AvgIpc) is 2.90. The van der Waals surface area contributed by atoms with Gasteiger partial charge in [-0.15, -0.1) is 12.4 Å². The topological polar surface area (TPSA) is 41.1 Å². The van der Waals surface area contributed by atoms with E-state index in [9.17, 15) is 4.79 Å². The van der Waals surface area contributed by atoms with Crippen LogP contribution in [0.5, 0.6) is 0 Å². The van der Waals surface area contributed by atoms with Crippen molar-refractivity contribution in [3.05, 3.63) is 0 Å². The van der Waals surface area contributed by atoms with E-state index in [0.717, 1.165) is 37.8 Å². The molecular formula is C15H29ClN2O. The van der Waals surface area contributed by atoms with E-state index in [-0.39, 0.29) is 24.4 Å². The van der Waals surface area contributed by atoms with Crippen molar-refractivity contribution in [2.45, 2.75) is 58.4 Å². The van der Waals surface area contributed by atoms with Gasteiger partial charge < -0.3 is 10.6 Å². The fourth-order valence-electron chi connectivity index (χ4n) is 3.34. The highest BCUT2D eigenvalue weighted by atomic mass is 35.5. The molecule has 0 aromatic heterocycles. The van der Waals surface area contributed by atoms with Gasteiger partial charge in [-0.3, -0.25) is 4.79 Å². The Hall–Kier alpha value is -0.280. The number of rotatable bonds is 4. The summed E-state index contributed by atoms with van der Waals surface area (Å²) in [4.78, 5) is 11.9. The maximum atomic E-state index is 11.9. The van der Waals surface area contributed by atoms with Crippen molar-refractivity contribution in [1.29, 1.82) is 0 Å². The van der Waals surface area contributed by atoms with Crippen LogP contribution < -0.4 is 10.6 Å². The van der Waals surface area contributed by atoms with Crippen LogP contribution in [0.15, 0.2) is 0 Å². The summed E-state index contributed by atoms with van der Waals surface area (Å²) in [5.74, 6) is 2.67. The molecule has 0 spiro atoms. The zero-order chi connectivity index (χ0) is 13.0. The molecular weight excluding hydrogens is 260 g/mol. The predicted molar refractivity (Wildman–Crippen MR) is 81.6 cm³/mol. The Bertz CT molecular complexity index is 269. The molecule has 1 amide bonds. The Balaban J connectivity index is 0.00000180. The van der Waals surface area contributed by atoms with Crippen LogP contribution in [0.4, 0.5) is 0 Å². The molecule has 1 aliphatic heterocycles. The SMILES string of the molecule is CC(C)C1CCC(CNC(=O)C2CCCN2)CC1.Cl. The van der Waals surface area contributed by atoms with Crippen LogP contribution in [-0.4, -0.2) is 25.0 Å². The van der Waals surface area contributed by atoms with E-state index >= 15 is 0 Å². The minimum absolute atomic E-state index is 0. The monoisotopic (exact) mass is 288 g/mol. The number of carbonyl (C=O) groups excluding carboxylic acids is 1. The summed E-state index contributed by atoms with van der Waals surface area (Å²) in [5.41, 5.74) is 0. The number of halogens is 1. The molecule has 2 fully saturated rings. The lowest BCUT2D eigenvalue weighted by molar-refractivity contribution is -0.123. The fourth-order valence-corrected chi connectivity index (χ4v) is 3.34. The van der Waals surface area contributed by atoms with Gasteiger partial charge in [-0.2, -0.15) is 0 Å². The normalized spacial score (nSPS) is 31.0. The second-order valence-corrected chi connectivity index (χ2v) is 6.42. The summed E-state index contributed by atoms with van der Waals surface area (Å²) in [5, 5.41) is 6.39. The van der Waals surface area contributed by atoms with Gasteiger partial charge in [0.05, 0.1) is 6.04 Å². The van der Waals surface area contributed by atoms with E-state index in [1.54, 1.807) is 0 Å². The second-order valence-electron chi connectivity index (χ2n) is 6.42. The van der Waals surface area contributed by atoms with Gasteiger partial charge in [0.25, 0.3) is 0 Å². The first-order chi connectivity index (χ1) is 8.66. The highest BCUT2D eigenvalue weighted by Gasteiger charge is 2.25. The van der Waals surface area contributed by atoms with Crippen molar-refractivity contribution >= 4 is 18.3 Å². The van der Waals surface area contributed by atoms with Crippen molar-refractivity contribution in [3.63, 3.8) is 0 Å². The lowest BCUT2D eigenvalue weighted by atomic mass is 9.77. The minimum atomic E-state index is 0. The molecule has 1 aliphatic carbocycles. The molecule has 1 atom stereocenters. The first kappa shape index (κ1) is 16.8. The Morgan fingerprint density at radius 3 is 2.42 bits per heavy atom. The Kier molecular flexibility index (Phi) is 7.16. The van der Waals surface area contributed by atoms with Crippen LogP contribution in [-0.2, 0) is 4.79 Å². The molecule has 2 N–H and O–H groups in total. The number of carbonyl (C=O) groups is 1. The lowest BCUT2D eigenvalue weighted by Gasteiger charge is -2.31. The van der Waals surface area contributed by atoms with Gasteiger partial charge in [-0.1, -0.05) is 13.8 Å². The summed E-state index contributed by atoms with van der Waals surface area (Å²) in [7, 11) is 0. The van der Waals surface area contributed by atoms with E-state index in [0.29, 0.717) is 5.92 Å². The molecule has 0 bridgehead atoms. The van der Waals surface area contributed by atoms with Crippen molar-refractivity contribution in [2.75, 3.05) is 13.1 Å². The maximum absolute atomic E-state index is 11.9. The van der Waals surface area contributed by atoms with Gasteiger partial charge in [0.1, 0.15) is 0 Å².